The molecular formula is C12H17N3O4S. The molecule has 2 aliphatic rings. The molecule has 0 aliphatic carbocycles. The van der Waals surface area contributed by atoms with E-state index < -0.39 is 28.0 Å². The van der Waals surface area contributed by atoms with Gasteiger partial charge in [-0.3, -0.25) is 9.89 Å². The Morgan fingerprint density at radius 2 is 2.10 bits per heavy atom. The van der Waals surface area contributed by atoms with E-state index in [1.54, 1.807) is 13.8 Å². The summed E-state index contributed by atoms with van der Waals surface area (Å²) in [4.78, 5) is 11.4. The highest BCUT2D eigenvalue weighted by Crippen LogP contribution is 2.45. The van der Waals surface area contributed by atoms with Crippen LogP contribution in [0.4, 0.5) is 0 Å². The first kappa shape index (κ1) is 13.6. The lowest BCUT2D eigenvalue weighted by molar-refractivity contribution is -0.142. The number of hydrogen-bond donors (Lipinski definition) is 2. The molecule has 110 valence electrons. The van der Waals surface area contributed by atoms with E-state index >= 15 is 0 Å². The number of nitrogens with one attached hydrogen (secondary N) is 1. The molecule has 7 nitrogen and oxygen atoms in total. The SMILES string of the molecule is Cc1n[nH]c(C)c1S(=O)(=O)N1[C@H]2CC[C@H]1[C@H](C(=O)O)C2. The van der Waals surface area contributed by atoms with Crippen LogP contribution in [0.5, 0.6) is 0 Å². The molecule has 0 aromatic carbocycles. The van der Waals surface area contributed by atoms with Gasteiger partial charge in [0.25, 0.3) is 0 Å². The molecule has 3 rings (SSSR count). The molecule has 2 saturated heterocycles. The van der Waals surface area contributed by atoms with Gasteiger partial charge in [-0.25, -0.2) is 8.42 Å². The first-order chi connectivity index (χ1) is 9.34. The molecule has 3 atom stereocenters. The Morgan fingerprint density at radius 1 is 1.40 bits per heavy atom. The highest BCUT2D eigenvalue weighted by atomic mass is 32.2. The van der Waals surface area contributed by atoms with Crippen LogP contribution >= 0.6 is 0 Å². The molecule has 20 heavy (non-hydrogen) atoms. The largest absolute Gasteiger partial charge is 0.481 e. The Kier molecular flexibility index (Phi) is 2.91. The zero-order chi connectivity index (χ0) is 14.7. The van der Waals surface area contributed by atoms with Crippen LogP contribution < -0.4 is 0 Å². The fraction of sp³-hybridized carbons (Fsp3) is 0.667. The predicted octanol–water partition coefficient (Wildman–Crippen LogP) is 0.653. The molecule has 2 aliphatic heterocycles. The molecule has 1 aromatic heterocycles. The Bertz CT molecular complexity index is 647. The smallest absolute Gasteiger partial charge is 0.308 e. The number of H-pyrrole nitrogens is 1. The maximum absolute atomic E-state index is 12.8. The first-order valence-electron chi connectivity index (χ1n) is 6.62. The number of sulfonamides is 1. The van der Waals surface area contributed by atoms with Crippen molar-refractivity contribution in [2.24, 2.45) is 5.92 Å². The van der Waals surface area contributed by atoms with Gasteiger partial charge in [0.05, 0.1) is 17.3 Å². The van der Waals surface area contributed by atoms with Crippen molar-refractivity contribution in [3.63, 3.8) is 0 Å². The number of fused-ring (bicyclic) bond motifs is 2. The zero-order valence-electron chi connectivity index (χ0n) is 11.3. The lowest BCUT2D eigenvalue weighted by atomic mass is 9.89. The quantitative estimate of drug-likeness (QED) is 0.853. The number of rotatable bonds is 3. The summed E-state index contributed by atoms with van der Waals surface area (Å²) in [6.45, 7) is 3.31. The van der Waals surface area contributed by atoms with E-state index in [1.165, 1.54) is 4.31 Å². The van der Waals surface area contributed by atoms with E-state index in [-0.39, 0.29) is 10.9 Å². The van der Waals surface area contributed by atoms with E-state index in [9.17, 15) is 18.3 Å². The summed E-state index contributed by atoms with van der Waals surface area (Å²) in [5.74, 6) is -1.49. The van der Waals surface area contributed by atoms with E-state index in [1.807, 2.05) is 0 Å². The Balaban J connectivity index is 2.04. The van der Waals surface area contributed by atoms with Gasteiger partial charge in [-0.2, -0.15) is 9.40 Å². The highest BCUT2D eigenvalue weighted by Gasteiger charge is 2.55. The van der Waals surface area contributed by atoms with Crippen LogP contribution in [0.1, 0.15) is 30.7 Å². The van der Waals surface area contributed by atoms with Crippen LogP contribution in [-0.2, 0) is 14.8 Å². The first-order valence-corrected chi connectivity index (χ1v) is 8.06. The van der Waals surface area contributed by atoms with Gasteiger partial charge < -0.3 is 5.11 Å². The molecular weight excluding hydrogens is 282 g/mol. The van der Waals surface area contributed by atoms with Crippen molar-refractivity contribution in [2.45, 2.75) is 50.1 Å². The number of aliphatic carboxylic acids is 1. The maximum atomic E-state index is 12.8. The van der Waals surface area contributed by atoms with Crippen LogP contribution in [0.25, 0.3) is 0 Å². The standard InChI is InChI=1S/C12H17N3O4S/c1-6-11(7(2)14-13-6)20(18,19)15-8-3-4-10(15)9(5-8)12(16)17/h8-10H,3-5H2,1-2H3,(H,13,14)(H,16,17)/t8-,9+,10-/m0/s1. The molecule has 0 unspecified atom stereocenters. The Labute approximate surface area is 117 Å². The van der Waals surface area contributed by atoms with Gasteiger partial charge in [-0.15, -0.1) is 0 Å². The van der Waals surface area contributed by atoms with Crippen LogP contribution in [0.3, 0.4) is 0 Å². The number of nitrogens with zero attached hydrogens (tertiary/aromatic N) is 2. The second-order valence-corrected chi connectivity index (χ2v) is 7.36. The van der Waals surface area contributed by atoms with Crippen molar-refractivity contribution in [3.8, 4) is 0 Å². The van der Waals surface area contributed by atoms with E-state index in [2.05, 4.69) is 10.2 Å². The fourth-order valence-electron chi connectivity index (χ4n) is 3.60. The molecule has 0 spiro atoms. The topological polar surface area (TPSA) is 103 Å². The second-order valence-electron chi connectivity index (χ2n) is 5.58. The van der Waals surface area contributed by atoms with Crippen molar-refractivity contribution in [2.75, 3.05) is 0 Å². The summed E-state index contributed by atoms with van der Waals surface area (Å²) >= 11 is 0. The molecule has 0 amide bonds. The van der Waals surface area contributed by atoms with Gasteiger partial charge in [0, 0.05) is 12.1 Å². The van der Waals surface area contributed by atoms with E-state index in [0.717, 1.165) is 6.42 Å². The van der Waals surface area contributed by atoms with Crippen molar-refractivity contribution >= 4 is 16.0 Å². The number of aromatic amines is 1. The molecule has 2 fully saturated rings. The second kappa shape index (κ2) is 4.29. The third-order valence-corrected chi connectivity index (χ3v) is 6.63. The van der Waals surface area contributed by atoms with Crippen molar-refractivity contribution in [1.29, 1.82) is 0 Å². The van der Waals surface area contributed by atoms with Crippen LogP contribution in [0, 0.1) is 19.8 Å². The van der Waals surface area contributed by atoms with Gasteiger partial charge in [0.2, 0.25) is 10.0 Å². The highest BCUT2D eigenvalue weighted by molar-refractivity contribution is 7.89. The minimum absolute atomic E-state index is 0.195. The summed E-state index contributed by atoms with van der Waals surface area (Å²) in [6.07, 6.45) is 1.77. The number of aryl methyl sites for hydroxylation is 2. The van der Waals surface area contributed by atoms with Gasteiger partial charge in [-0.05, 0) is 33.1 Å². The van der Waals surface area contributed by atoms with Crippen molar-refractivity contribution < 1.29 is 18.3 Å². The summed E-state index contributed by atoms with van der Waals surface area (Å²) in [6, 6.07) is -0.615. The number of aromatic nitrogens is 2. The number of carbonyl (C=O) groups is 1. The van der Waals surface area contributed by atoms with Crippen LogP contribution in [0.15, 0.2) is 4.90 Å². The zero-order valence-corrected chi connectivity index (χ0v) is 12.1. The van der Waals surface area contributed by atoms with Gasteiger partial charge >= 0.3 is 5.97 Å². The molecule has 2 bridgehead atoms. The molecule has 2 N–H and O–H groups in total. The van der Waals surface area contributed by atoms with E-state index in [4.69, 9.17) is 0 Å². The molecule has 0 saturated carbocycles. The van der Waals surface area contributed by atoms with Gasteiger partial charge in [0.1, 0.15) is 4.90 Å². The number of hydrogen-bond acceptors (Lipinski definition) is 4. The third-order valence-electron chi connectivity index (χ3n) is 4.39. The number of carboxylic acids is 1. The van der Waals surface area contributed by atoms with Gasteiger partial charge in [0.15, 0.2) is 0 Å². The average Bonchev–Trinajstić information content (AvgIpc) is 3.02. The average molecular weight is 299 g/mol. The maximum Gasteiger partial charge on any atom is 0.308 e. The van der Waals surface area contributed by atoms with Crippen molar-refractivity contribution in [1.82, 2.24) is 14.5 Å². The predicted molar refractivity (Wildman–Crippen MR) is 69.6 cm³/mol. The lowest BCUT2D eigenvalue weighted by Gasteiger charge is -2.22. The Hall–Kier alpha value is -1.41. The summed E-state index contributed by atoms with van der Waals surface area (Å²) in [5.41, 5.74) is 0.932. The van der Waals surface area contributed by atoms with Gasteiger partial charge in [-0.1, -0.05) is 0 Å². The fourth-order valence-corrected chi connectivity index (χ4v) is 5.86. The molecule has 1 aromatic rings. The summed E-state index contributed by atoms with van der Waals surface area (Å²) in [7, 11) is -3.68. The molecule has 0 radical (unpaired) electrons. The minimum Gasteiger partial charge on any atom is -0.481 e. The summed E-state index contributed by atoms with van der Waals surface area (Å²) in [5, 5.41) is 15.8. The normalized spacial score (nSPS) is 30.0. The third kappa shape index (κ3) is 1.71. The van der Waals surface area contributed by atoms with Crippen LogP contribution in [0.2, 0.25) is 0 Å². The van der Waals surface area contributed by atoms with Crippen molar-refractivity contribution in [3.05, 3.63) is 11.4 Å². The monoisotopic (exact) mass is 299 g/mol. The lowest BCUT2D eigenvalue weighted by Crippen LogP contribution is -2.38. The number of carboxylic acid groups (broad SMARTS) is 1. The Morgan fingerprint density at radius 3 is 2.60 bits per heavy atom. The molecule has 8 heteroatoms. The summed E-state index contributed by atoms with van der Waals surface area (Å²) < 4.78 is 27.1. The molecule has 3 heterocycles. The van der Waals surface area contributed by atoms with E-state index in [0.29, 0.717) is 24.2 Å². The minimum atomic E-state index is -3.68. The van der Waals surface area contributed by atoms with Crippen LogP contribution in [-0.4, -0.2) is 46.1 Å².